The second-order valence-electron chi connectivity index (χ2n) is 7.62. The van der Waals surface area contributed by atoms with Gasteiger partial charge in [0.1, 0.15) is 6.04 Å². The number of rotatable bonds is 3. The smallest absolute Gasteiger partial charge is 0.255 e. The molecule has 0 saturated carbocycles. The van der Waals surface area contributed by atoms with Gasteiger partial charge in [-0.25, -0.2) is 0 Å². The molecule has 8 nitrogen and oxygen atoms in total. The SMILES string of the molecule is O=C1CCC(N2Cc3c(CN4CCNCCNCC4)cccc3C2=O)C(=O)N1. The van der Waals surface area contributed by atoms with E-state index in [2.05, 4.69) is 26.9 Å². The largest absolute Gasteiger partial charge is 0.322 e. The van der Waals surface area contributed by atoms with Gasteiger partial charge in [-0.3, -0.25) is 24.6 Å². The van der Waals surface area contributed by atoms with E-state index in [1.165, 1.54) is 0 Å². The highest BCUT2D eigenvalue weighted by atomic mass is 16.2. The molecule has 4 rings (SSSR count). The lowest BCUT2D eigenvalue weighted by Gasteiger charge is -2.29. The molecule has 2 saturated heterocycles. The summed E-state index contributed by atoms with van der Waals surface area (Å²) in [7, 11) is 0. The van der Waals surface area contributed by atoms with E-state index in [4.69, 9.17) is 0 Å². The third kappa shape index (κ3) is 3.94. The van der Waals surface area contributed by atoms with Gasteiger partial charge in [0.2, 0.25) is 11.8 Å². The zero-order chi connectivity index (χ0) is 19.5. The van der Waals surface area contributed by atoms with Crippen molar-refractivity contribution >= 4 is 17.7 Å². The lowest BCUT2D eigenvalue weighted by atomic mass is 10.0. The van der Waals surface area contributed by atoms with Crippen molar-refractivity contribution in [3.8, 4) is 0 Å². The number of piperidine rings is 1. The number of carbonyl (C=O) groups is 3. The van der Waals surface area contributed by atoms with Crippen LogP contribution in [0, 0.1) is 0 Å². The van der Waals surface area contributed by atoms with Gasteiger partial charge in [-0.05, 0) is 23.6 Å². The molecule has 28 heavy (non-hydrogen) atoms. The highest BCUT2D eigenvalue weighted by Gasteiger charge is 2.39. The first-order valence-corrected chi connectivity index (χ1v) is 10.0. The van der Waals surface area contributed by atoms with Gasteiger partial charge in [0, 0.05) is 64.3 Å². The van der Waals surface area contributed by atoms with Crippen molar-refractivity contribution < 1.29 is 14.4 Å². The molecule has 3 aliphatic rings. The number of benzene rings is 1. The zero-order valence-corrected chi connectivity index (χ0v) is 16.0. The van der Waals surface area contributed by atoms with Gasteiger partial charge in [0.15, 0.2) is 0 Å². The number of carbonyl (C=O) groups excluding carboxylic acids is 3. The normalized spacial score (nSPS) is 24.4. The van der Waals surface area contributed by atoms with Gasteiger partial charge in [-0.15, -0.1) is 0 Å². The van der Waals surface area contributed by atoms with Crippen LogP contribution < -0.4 is 16.0 Å². The number of imide groups is 1. The minimum atomic E-state index is -0.566. The van der Waals surface area contributed by atoms with E-state index in [0.29, 0.717) is 18.5 Å². The van der Waals surface area contributed by atoms with Crippen molar-refractivity contribution in [2.24, 2.45) is 0 Å². The van der Waals surface area contributed by atoms with E-state index in [0.717, 1.165) is 56.9 Å². The van der Waals surface area contributed by atoms with Crippen LogP contribution in [0.1, 0.15) is 34.3 Å². The van der Waals surface area contributed by atoms with Crippen molar-refractivity contribution in [2.75, 3.05) is 39.3 Å². The number of hydrogen-bond donors (Lipinski definition) is 3. The van der Waals surface area contributed by atoms with E-state index in [-0.39, 0.29) is 24.1 Å². The molecule has 0 aromatic heterocycles. The summed E-state index contributed by atoms with van der Waals surface area (Å²) in [6.45, 7) is 6.96. The minimum Gasteiger partial charge on any atom is -0.322 e. The highest BCUT2D eigenvalue weighted by molar-refractivity contribution is 6.05. The Morgan fingerprint density at radius 3 is 2.46 bits per heavy atom. The van der Waals surface area contributed by atoms with Gasteiger partial charge in [-0.2, -0.15) is 0 Å². The zero-order valence-electron chi connectivity index (χ0n) is 16.0. The molecule has 3 N–H and O–H groups in total. The third-order valence-electron chi connectivity index (χ3n) is 5.76. The molecule has 0 spiro atoms. The number of fused-ring (bicyclic) bond motifs is 1. The Kier molecular flexibility index (Phi) is 5.70. The molecular weight excluding hydrogens is 358 g/mol. The molecule has 3 heterocycles. The fourth-order valence-electron chi connectivity index (χ4n) is 4.21. The standard InChI is InChI=1S/C20H27N5O3/c26-18-5-4-17(19(27)23-18)25-13-16-14(2-1-3-15(16)20(25)28)12-24-10-8-21-6-7-22-9-11-24/h1-3,17,21-22H,4-13H2,(H,23,26,27). The number of hydrogen-bond acceptors (Lipinski definition) is 6. The lowest BCUT2D eigenvalue weighted by Crippen LogP contribution is -2.52. The van der Waals surface area contributed by atoms with Gasteiger partial charge < -0.3 is 15.5 Å². The fraction of sp³-hybridized carbons (Fsp3) is 0.550. The predicted molar refractivity (Wildman–Crippen MR) is 104 cm³/mol. The van der Waals surface area contributed by atoms with Crippen molar-refractivity contribution in [2.45, 2.75) is 32.0 Å². The van der Waals surface area contributed by atoms with E-state index < -0.39 is 6.04 Å². The number of amides is 3. The molecule has 1 atom stereocenters. The minimum absolute atomic E-state index is 0.112. The molecule has 0 aliphatic carbocycles. The van der Waals surface area contributed by atoms with Crippen molar-refractivity contribution in [3.05, 3.63) is 34.9 Å². The molecule has 0 radical (unpaired) electrons. The summed E-state index contributed by atoms with van der Waals surface area (Å²) in [5, 5.41) is 9.20. The summed E-state index contributed by atoms with van der Waals surface area (Å²) in [6.07, 6.45) is 0.667. The van der Waals surface area contributed by atoms with Gasteiger partial charge >= 0.3 is 0 Å². The van der Waals surface area contributed by atoms with Crippen molar-refractivity contribution in [1.29, 1.82) is 0 Å². The Hall–Kier alpha value is -2.29. The first kappa shape index (κ1) is 19.0. The maximum absolute atomic E-state index is 12.9. The summed E-state index contributed by atoms with van der Waals surface area (Å²) in [5.41, 5.74) is 2.83. The molecule has 1 unspecified atom stereocenters. The number of nitrogens with one attached hydrogen (secondary N) is 3. The highest BCUT2D eigenvalue weighted by Crippen LogP contribution is 2.30. The summed E-state index contributed by atoms with van der Waals surface area (Å²) < 4.78 is 0. The summed E-state index contributed by atoms with van der Waals surface area (Å²) in [5.74, 6) is -0.739. The summed E-state index contributed by atoms with van der Waals surface area (Å²) in [4.78, 5) is 40.6. The molecule has 1 aromatic carbocycles. The van der Waals surface area contributed by atoms with Crippen LogP contribution in [-0.2, 0) is 22.7 Å². The van der Waals surface area contributed by atoms with Crippen LogP contribution >= 0.6 is 0 Å². The average Bonchev–Trinajstić information content (AvgIpc) is 3.07. The van der Waals surface area contributed by atoms with E-state index >= 15 is 0 Å². The first-order valence-electron chi connectivity index (χ1n) is 10.0. The molecule has 150 valence electrons. The van der Waals surface area contributed by atoms with Crippen molar-refractivity contribution in [1.82, 2.24) is 25.8 Å². The van der Waals surface area contributed by atoms with Crippen LogP contribution in [0.25, 0.3) is 0 Å². The van der Waals surface area contributed by atoms with Crippen LogP contribution in [0.5, 0.6) is 0 Å². The van der Waals surface area contributed by atoms with Crippen LogP contribution in [-0.4, -0.2) is 72.8 Å². The maximum atomic E-state index is 12.9. The van der Waals surface area contributed by atoms with E-state index in [1.807, 2.05) is 12.1 Å². The second kappa shape index (κ2) is 8.38. The van der Waals surface area contributed by atoms with E-state index in [9.17, 15) is 14.4 Å². The van der Waals surface area contributed by atoms with Crippen LogP contribution in [0.3, 0.4) is 0 Å². The summed E-state index contributed by atoms with van der Waals surface area (Å²) in [6, 6.07) is 5.28. The molecule has 3 amide bonds. The second-order valence-corrected chi connectivity index (χ2v) is 7.62. The molecule has 8 heteroatoms. The van der Waals surface area contributed by atoms with Crippen molar-refractivity contribution in [3.63, 3.8) is 0 Å². The Labute approximate surface area is 164 Å². The Balaban J connectivity index is 1.51. The monoisotopic (exact) mass is 385 g/mol. The van der Waals surface area contributed by atoms with E-state index in [1.54, 1.807) is 4.90 Å². The molecule has 0 bridgehead atoms. The third-order valence-corrected chi connectivity index (χ3v) is 5.76. The van der Waals surface area contributed by atoms with Gasteiger partial charge in [-0.1, -0.05) is 12.1 Å². The van der Waals surface area contributed by atoms with Gasteiger partial charge in [0.25, 0.3) is 5.91 Å². The average molecular weight is 385 g/mol. The molecule has 2 fully saturated rings. The molecule has 3 aliphatic heterocycles. The molecule has 1 aromatic rings. The van der Waals surface area contributed by atoms with Crippen LogP contribution in [0.15, 0.2) is 18.2 Å². The maximum Gasteiger partial charge on any atom is 0.255 e. The predicted octanol–water partition coefficient (Wildman–Crippen LogP) is -0.558. The Morgan fingerprint density at radius 2 is 1.75 bits per heavy atom. The van der Waals surface area contributed by atoms with Gasteiger partial charge in [0.05, 0.1) is 0 Å². The number of nitrogens with zero attached hydrogens (tertiary/aromatic N) is 2. The Morgan fingerprint density at radius 1 is 1.00 bits per heavy atom. The summed E-state index contributed by atoms with van der Waals surface area (Å²) >= 11 is 0. The topological polar surface area (TPSA) is 93.8 Å². The molecular formula is C20H27N5O3. The Bertz CT molecular complexity index is 771. The van der Waals surface area contributed by atoms with Crippen LogP contribution in [0.2, 0.25) is 0 Å². The fourth-order valence-corrected chi connectivity index (χ4v) is 4.21. The quantitative estimate of drug-likeness (QED) is 0.604. The van der Waals surface area contributed by atoms with Crippen LogP contribution in [0.4, 0.5) is 0 Å². The first-order chi connectivity index (χ1) is 13.6. The lowest BCUT2D eigenvalue weighted by molar-refractivity contribution is -0.136.